The molecule has 2 fully saturated rings. The normalized spacial score (nSPS) is 19.4. The van der Waals surface area contributed by atoms with E-state index in [1.807, 2.05) is 23.1 Å². The third-order valence-corrected chi connectivity index (χ3v) is 6.26. The SMILES string of the molecule is CC(=O)N1CCN(c2ccc(Nc3nc(N4CCCC(N)C4)c4occc4n3)cc2)CC1. The Bertz CT molecular complexity index is 1090. The van der Waals surface area contributed by atoms with Crippen LogP contribution < -0.4 is 20.9 Å². The molecule has 9 heteroatoms. The Labute approximate surface area is 187 Å². The maximum Gasteiger partial charge on any atom is 0.229 e. The number of carbonyl (C=O) groups excluding carboxylic acids is 1. The number of piperazine rings is 1. The molecule has 1 amide bonds. The number of amides is 1. The van der Waals surface area contributed by atoms with Gasteiger partial charge in [0.25, 0.3) is 0 Å². The van der Waals surface area contributed by atoms with Crippen molar-refractivity contribution in [2.24, 2.45) is 5.73 Å². The first-order valence-electron chi connectivity index (χ1n) is 11.2. The lowest BCUT2D eigenvalue weighted by Gasteiger charge is -2.35. The van der Waals surface area contributed by atoms with Gasteiger partial charge in [-0.1, -0.05) is 0 Å². The van der Waals surface area contributed by atoms with E-state index in [-0.39, 0.29) is 11.9 Å². The minimum atomic E-state index is 0.143. The number of fused-ring (bicyclic) bond motifs is 1. The van der Waals surface area contributed by atoms with E-state index in [9.17, 15) is 4.79 Å². The molecule has 0 bridgehead atoms. The number of carbonyl (C=O) groups is 1. The predicted molar refractivity (Wildman–Crippen MR) is 125 cm³/mol. The number of nitrogens with two attached hydrogens (primary N) is 1. The Balaban J connectivity index is 1.32. The first-order chi connectivity index (χ1) is 15.6. The molecule has 1 unspecified atom stereocenters. The third-order valence-electron chi connectivity index (χ3n) is 6.26. The fraction of sp³-hybridized carbons (Fsp3) is 0.435. The molecule has 4 heterocycles. The largest absolute Gasteiger partial charge is 0.459 e. The fourth-order valence-electron chi connectivity index (χ4n) is 4.48. The van der Waals surface area contributed by atoms with Crippen LogP contribution in [0.25, 0.3) is 11.1 Å². The van der Waals surface area contributed by atoms with Crippen LogP contribution in [0.4, 0.5) is 23.1 Å². The van der Waals surface area contributed by atoms with Crippen molar-refractivity contribution in [3.63, 3.8) is 0 Å². The van der Waals surface area contributed by atoms with Gasteiger partial charge in [-0.15, -0.1) is 0 Å². The molecule has 1 aromatic carbocycles. The maximum absolute atomic E-state index is 11.5. The van der Waals surface area contributed by atoms with Crippen molar-refractivity contribution in [2.45, 2.75) is 25.8 Å². The Kier molecular flexibility index (Phi) is 5.57. The average Bonchev–Trinajstić information content (AvgIpc) is 3.28. The van der Waals surface area contributed by atoms with Gasteiger partial charge in [0.2, 0.25) is 11.9 Å². The second-order valence-electron chi connectivity index (χ2n) is 8.52. The van der Waals surface area contributed by atoms with Gasteiger partial charge in [-0.05, 0) is 37.1 Å². The van der Waals surface area contributed by atoms with Crippen LogP contribution in [0, 0.1) is 0 Å². The summed E-state index contributed by atoms with van der Waals surface area (Å²) in [7, 11) is 0. The third kappa shape index (κ3) is 4.20. The zero-order chi connectivity index (χ0) is 22.1. The van der Waals surface area contributed by atoms with E-state index in [1.54, 1.807) is 13.2 Å². The fourth-order valence-corrected chi connectivity index (χ4v) is 4.48. The molecule has 9 nitrogen and oxygen atoms in total. The lowest BCUT2D eigenvalue weighted by molar-refractivity contribution is -0.129. The van der Waals surface area contributed by atoms with Gasteiger partial charge in [-0.2, -0.15) is 4.98 Å². The van der Waals surface area contributed by atoms with Gasteiger partial charge in [-0.3, -0.25) is 4.79 Å². The molecular weight excluding hydrogens is 406 g/mol. The first-order valence-corrected chi connectivity index (χ1v) is 11.2. The van der Waals surface area contributed by atoms with Gasteiger partial charge in [0.15, 0.2) is 11.4 Å². The maximum atomic E-state index is 11.5. The van der Waals surface area contributed by atoms with Crippen molar-refractivity contribution >= 4 is 40.1 Å². The van der Waals surface area contributed by atoms with Crippen molar-refractivity contribution in [1.82, 2.24) is 14.9 Å². The zero-order valence-electron chi connectivity index (χ0n) is 18.3. The van der Waals surface area contributed by atoms with Gasteiger partial charge in [0.05, 0.1) is 6.26 Å². The molecule has 2 aliphatic heterocycles. The van der Waals surface area contributed by atoms with E-state index in [2.05, 4.69) is 32.2 Å². The summed E-state index contributed by atoms with van der Waals surface area (Å²) in [6.45, 7) is 6.50. The highest BCUT2D eigenvalue weighted by Gasteiger charge is 2.23. The van der Waals surface area contributed by atoms with Crippen molar-refractivity contribution in [3.05, 3.63) is 36.6 Å². The molecule has 0 radical (unpaired) electrons. The van der Waals surface area contributed by atoms with Gasteiger partial charge in [-0.25, -0.2) is 4.98 Å². The van der Waals surface area contributed by atoms with E-state index in [0.29, 0.717) is 11.5 Å². The number of nitrogens with one attached hydrogen (secondary N) is 1. The predicted octanol–water partition coefficient (Wildman–Crippen LogP) is 2.56. The molecule has 1 atom stereocenters. The molecule has 0 spiro atoms. The Hall–Kier alpha value is -3.33. The lowest BCUT2D eigenvalue weighted by Crippen LogP contribution is -2.48. The van der Waals surface area contributed by atoms with E-state index in [0.717, 1.165) is 74.8 Å². The number of anilines is 4. The van der Waals surface area contributed by atoms with Crippen LogP contribution in [0.5, 0.6) is 0 Å². The van der Waals surface area contributed by atoms with Crippen LogP contribution in [0.15, 0.2) is 41.0 Å². The topological polar surface area (TPSA) is 104 Å². The van der Waals surface area contributed by atoms with Crippen molar-refractivity contribution in [3.8, 4) is 0 Å². The zero-order valence-corrected chi connectivity index (χ0v) is 18.3. The van der Waals surface area contributed by atoms with Crippen molar-refractivity contribution < 1.29 is 9.21 Å². The van der Waals surface area contributed by atoms with Crippen molar-refractivity contribution in [1.29, 1.82) is 0 Å². The summed E-state index contributed by atoms with van der Waals surface area (Å²) in [6.07, 6.45) is 3.72. The number of nitrogens with zero attached hydrogens (tertiary/aromatic N) is 5. The summed E-state index contributed by atoms with van der Waals surface area (Å²) >= 11 is 0. The molecule has 0 aliphatic carbocycles. The number of hydrogen-bond donors (Lipinski definition) is 2. The van der Waals surface area contributed by atoms with Crippen LogP contribution in [-0.4, -0.2) is 66.1 Å². The quantitative estimate of drug-likeness (QED) is 0.644. The highest BCUT2D eigenvalue weighted by atomic mass is 16.3. The standard InChI is InChI=1S/C23H29N7O2/c1-16(31)28-10-12-29(13-11-28)19-6-4-18(5-7-19)25-23-26-20-8-14-32-21(20)22(27-23)30-9-2-3-17(24)15-30/h4-8,14,17H,2-3,9-13,15,24H2,1H3,(H,25,26,27). The summed E-state index contributed by atoms with van der Waals surface area (Å²) in [6, 6.07) is 10.3. The molecule has 3 aromatic rings. The van der Waals surface area contributed by atoms with Crippen LogP contribution in [0.3, 0.4) is 0 Å². The van der Waals surface area contributed by atoms with E-state index >= 15 is 0 Å². The van der Waals surface area contributed by atoms with Gasteiger partial charge >= 0.3 is 0 Å². The minimum absolute atomic E-state index is 0.143. The smallest absolute Gasteiger partial charge is 0.229 e. The highest BCUT2D eigenvalue weighted by Crippen LogP contribution is 2.29. The number of hydrogen-bond acceptors (Lipinski definition) is 8. The monoisotopic (exact) mass is 435 g/mol. The number of rotatable bonds is 4. The molecule has 5 rings (SSSR count). The van der Waals surface area contributed by atoms with E-state index in [1.165, 1.54) is 0 Å². The Morgan fingerprint density at radius 2 is 1.84 bits per heavy atom. The summed E-state index contributed by atoms with van der Waals surface area (Å²) in [5.74, 6) is 1.47. The van der Waals surface area contributed by atoms with E-state index < -0.39 is 0 Å². The minimum Gasteiger partial charge on any atom is -0.459 e. The summed E-state index contributed by atoms with van der Waals surface area (Å²) in [5, 5.41) is 3.34. The Morgan fingerprint density at radius 1 is 1.06 bits per heavy atom. The summed E-state index contributed by atoms with van der Waals surface area (Å²) in [4.78, 5) is 27.3. The average molecular weight is 436 g/mol. The molecule has 2 aromatic heterocycles. The van der Waals surface area contributed by atoms with Gasteiger partial charge in [0, 0.05) is 69.7 Å². The molecule has 32 heavy (non-hydrogen) atoms. The number of furan rings is 1. The first kappa shape index (κ1) is 20.6. The lowest BCUT2D eigenvalue weighted by atomic mass is 10.1. The Morgan fingerprint density at radius 3 is 2.56 bits per heavy atom. The molecule has 168 valence electrons. The molecule has 3 N–H and O–H groups in total. The van der Waals surface area contributed by atoms with Crippen LogP contribution in [-0.2, 0) is 4.79 Å². The van der Waals surface area contributed by atoms with Gasteiger partial charge in [0.1, 0.15) is 5.52 Å². The van der Waals surface area contributed by atoms with Crippen LogP contribution >= 0.6 is 0 Å². The molecule has 2 aliphatic rings. The second-order valence-corrected chi connectivity index (χ2v) is 8.52. The van der Waals surface area contributed by atoms with E-state index in [4.69, 9.17) is 15.1 Å². The molecule has 2 saturated heterocycles. The summed E-state index contributed by atoms with van der Waals surface area (Å²) < 4.78 is 5.68. The number of aromatic nitrogens is 2. The van der Waals surface area contributed by atoms with Gasteiger partial charge < -0.3 is 30.2 Å². The van der Waals surface area contributed by atoms with Crippen LogP contribution in [0.1, 0.15) is 19.8 Å². The number of benzene rings is 1. The van der Waals surface area contributed by atoms with Crippen molar-refractivity contribution in [2.75, 3.05) is 54.4 Å². The summed E-state index contributed by atoms with van der Waals surface area (Å²) in [5.41, 5.74) is 9.72. The molecular formula is C23H29N7O2. The number of piperidine rings is 1. The highest BCUT2D eigenvalue weighted by molar-refractivity contribution is 5.85. The second kappa shape index (κ2) is 8.66. The van der Waals surface area contributed by atoms with Crippen LogP contribution in [0.2, 0.25) is 0 Å². The molecule has 0 saturated carbocycles.